The highest BCUT2D eigenvalue weighted by Crippen LogP contribution is 2.22. The molecule has 1 saturated heterocycles. The van der Waals surface area contributed by atoms with Gasteiger partial charge in [0.05, 0.1) is 0 Å². The number of benzene rings is 1. The zero-order chi connectivity index (χ0) is 9.80. The highest BCUT2D eigenvalue weighted by molar-refractivity contribution is 9.08. The van der Waals surface area contributed by atoms with E-state index in [9.17, 15) is 0 Å². The normalized spacial score (nSPS) is 19.1. The molecule has 0 spiro atoms. The summed E-state index contributed by atoms with van der Waals surface area (Å²) < 4.78 is 0. The van der Waals surface area contributed by atoms with E-state index in [1.807, 2.05) is 11.8 Å². The minimum Gasteiger partial charge on any atom is -0.303 e. The third-order valence-electron chi connectivity index (χ3n) is 2.12. The van der Waals surface area contributed by atoms with Gasteiger partial charge in [-0.1, -0.05) is 40.2 Å². The van der Waals surface area contributed by atoms with Gasteiger partial charge in [-0.25, -0.2) is 0 Å². The molecule has 0 atom stereocenters. The summed E-state index contributed by atoms with van der Waals surface area (Å²) in [5.74, 6) is 1.05. The second-order valence-electron chi connectivity index (χ2n) is 3.20. The van der Waals surface area contributed by atoms with E-state index >= 15 is 0 Å². The maximum Gasteiger partial charge on any atom is 0.0465 e. The van der Waals surface area contributed by atoms with E-state index in [-0.39, 0.29) is 0 Å². The molecular weight excluding hydrogens is 258 g/mol. The van der Waals surface area contributed by atoms with Gasteiger partial charge in [-0.2, -0.15) is 0 Å². The first kappa shape index (κ1) is 10.3. The number of hydrogen-bond acceptors (Lipinski definition) is 2. The van der Waals surface area contributed by atoms with Crippen LogP contribution in [-0.2, 0) is 5.33 Å². The molecule has 1 aliphatic heterocycles. The Kier molecular flexibility index (Phi) is 3.67. The van der Waals surface area contributed by atoms with Gasteiger partial charge in [0.1, 0.15) is 0 Å². The van der Waals surface area contributed by atoms with Crippen LogP contribution in [0.1, 0.15) is 11.1 Å². The topological polar surface area (TPSA) is 12.0 Å². The summed E-state index contributed by atoms with van der Waals surface area (Å²) >= 11 is 5.33. The molecule has 0 unspecified atom stereocenters. The lowest BCUT2D eigenvalue weighted by Crippen LogP contribution is -2.04. The van der Waals surface area contributed by atoms with Crippen LogP contribution in [-0.4, -0.2) is 12.4 Å². The van der Waals surface area contributed by atoms with E-state index in [2.05, 4.69) is 51.6 Å². The number of halogens is 1. The summed E-state index contributed by atoms with van der Waals surface area (Å²) in [5.41, 5.74) is 2.62. The Morgan fingerprint density at radius 2 is 2.14 bits per heavy atom. The van der Waals surface area contributed by atoms with Crippen LogP contribution >= 0.6 is 27.7 Å². The van der Waals surface area contributed by atoms with Crippen LogP contribution in [0.2, 0.25) is 0 Å². The minimum absolute atomic E-state index is 0.931. The second-order valence-corrected chi connectivity index (χ2v) is 4.86. The van der Waals surface area contributed by atoms with Crippen molar-refractivity contribution >= 4 is 33.8 Å². The Labute approximate surface area is 97.1 Å². The van der Waals surface area contributed by atoms with Crippen molar-refractivity contribution in [3.63, 3.8) is 0 Å². The summed E-state index contributed by atoms with van der Waals surface area (Å²) in [6, 6.07) is 8.66. The zero-order valence-electron chi connectivity index (χ0n) is 7.79. The molecule has 0 aromatic heterocycles. The van der Waals surface area contributed by atoms with Crippen molar-refractivity contribution in [3.8, 4) is 0 Å². The number of nitrogens with one attached hydrogen (secondary N) is 1. The van der Waals surface area contributed by atoms with E-state index in [0.717, 1.165) is 17.8 Å². The van der Waals surface area contributed by atoms with Crippen LogP contribution in [0.4, 0.5) is 0 Å². The van der Waals surface area contributed by atoms with Gasteiger partial charge in [0.25, 0.3) is 0 Å². The molecule has 74 valence electrons. The molecule has 2 rings (SSSR count). The predicted molar refractivity (Wildman–Crippen MR) is 67.5 cm³/mol. The van der Waals surface area contributed by atoms with Crippen LogP contribution < -0.4 is 5.32 Å². The molecule has 0 aliphatic carbocycles. The summed E-state index contributed by atoms with van der Waals surface area (Å²) in [4.78, 5) is 1.43. The molecule has 1 aliphatic rings. The first-order valence-electron chi connectivity index (χ1n) is 4.57. The molecular formula is C11H12BrNS. The third-order valence-corrected chi connectivity index (χ3v) is 3.75. The summed E-state index contributed by atoms with van der Waals surface area (Å²) in [6.45, 7) is 1.02. The van der Waals surface area contributed by atoms with Gasteiger partial charge in [0.15, 0.2) is 0 Å². The molecule has 1 nitrogen and oxygen atoms in total. The molecule has 0 bridgehead atoms. The quantitative estimate of drug-likeness (QED) is 0.828. The van der Waals surface area contributed by atoms with Crippen LogP contribution in [0.3, 0.4) is 0 Å². The van der Waals surface area contributed by atoms with Crippen molar-refractivity contribution in [1.82, 2.24) is 5.32 Å². The van der Waals surface area contributed by atoms with Crippen LogP contribution in [0.25, 0.3) is 6.08 Å². The molecule has 1 aromatic rings. The van der Waals surface area contributed by atoms with Crippen molar-refractivity contribution in [2.45, 2.75) is 5.33 Å². The fourth-order valence-electron chi connectivity index (χ4n) is 1.35. The number of thioether (sulfide) groups is 1. The largest absolute Gasteiger partial charge is 0.303 e. The van der Waals surface area contributed by atoms with Crippen molar-refractivity contribution in [2.75, 3.05) is 12.4 Å². The van der Waals surface area contributed by atoms with Gasteiger partial charge in [-0.05, 0) is 17.2 Å². The summed E-state index contributed by atoms with van der Waals surface area (Å²) in [6.07, 6.45) is 2.25. The van der Waals surface area contributed by atoms with Gasteiger partial charge in [-0.15, -0.1) is 11.8 Å². The Morgan fingerprint density at radius 1 is 1.36 bits per heavy atom. The molecule has 0 radical (unpaired) electrons. The fraction of sp³-hybridized carbons (Fsp3) is 0.273. The lowest BCUT2D eigenvalue weighted by Gasteiger charge is -1.98. The van der Waals surface area contributed by atoms with Crippen molar-refractivity contribution < 1.29 is 0 Å². The molecule has 3 heteroatoms. The van der Waals surface area contributed by atoms with Gasteiger partial charge in [0.2, 0.25) is 0 Å². The second kappa shape index (κ2) is 5.01. The highest BCUT2D eigenvalue weighted by atomic mass is 79.9. The van der Waals surface area contributed by atoms with Gasteiger partial charge in [0, 0.05) is 22.7 Å². The SMILES string of the molecule is BrCc1ccc(/C=C2\CNCS2)cc1. The zero-order valence-corrected chi connectivity index (χ0v) is 10.2. The Hall–Kier alpha value is -0.250. The van der Waals surface area contributed by atoms with Gasteiger partial charge < -0.3 is 5.32 Å². The van der Waals surface area contributed by atoms with Crippen molar-refractivity contribution in [3.05, 3.63) is 40.3 Å². The smallest absolute Gasteiger partial charge is 0.0465 e. The van der Waals surface area contributed by atoms with E-state index in [1.54, 1.807) is 0 Å². The van der Waals surface area contributed by atoms with E-state index < -0.39 is 0 Å². The fourth-order valence-corrected chi connectivity index (χ4v) is 2.54. The maximum absolute atomic E-state index is 3.44. The maximum atomic E-state index is 3.44. The summed E-state index contributed by atoms with van der Waals surface area (Å²) in [5, 5.41) is 4.23. The number of hydrogen-bond donors (Lipinski definition) is 1. The predicted octanol–water partition coefficient (Wildman–Crippen LogP) is 3.22. The van der Waals surface area contributed by atoms with Crippen LogP contribution in [0, 0.1) is 0 Å². The Balaban J connectivity index is 2.12. The van der Waals surface area contributed by atoms with Crippen molar-refractivity contribution in [1.29, 1.82) is 0 Å². The molecule has 0 amide bonds. The van der Waals surface area contributed by atoms with Gasteiger partial charge >= 0.3 is 0 Å². The Morgan fingerprint density at radius 3 is 2.71 bits per heavy atom. The lowest BCUT2D eigenvalue weighted by molar-refractivity contribution is 0.916. The monoisotopic (exact) mass is 269 g/mol. The van der Waals surface area contributed by atoms with E-state index in [4.69, 9.17) is 0 Å². The first-order chi connectivity index (χ1) is 6.88. The number of alkyl halides is 1. The molecule has 1 aromatic carbocycles. The average molecular weight is 270 g/mol. The van der Waals surface area contributed by atoms with Crippen molar-refractivity contribution in [2.24, 2.45) is 0 Å². The standard InChI is InChI=1S/C11H12BrNS/c12-6-10-3-1-9(2-4-10)5-11-7-13-8-14-11/h1-5,13H,6-8H2/b11-5+. The lowest BCUT2D eigenvalue weighted by atomic mass is 10.1. The van der Waals surface area contributed by atoms with Gasteiger partial charge in [-0.3, -0.25) is 0 Å². The molecule has 14 heavy (non-hydrogen) atoms. The third kappa shape index (κ3) is 2.62. The van der Waals surface area contributed by atoms with Crippen LogP contribution in [0.5, 0.6) is 0 Å². The summed E-state index contributed by atoms with van der Waals surface area (Å²) in [7, 11) is 0. The molecule has 0 saturated carbocycles. The Bertz CT molecular complexity index is 324. The van der Waals surface area contributed by atoms with Crippen LogP contribution in [0.15, 0.2) is 29.2 Å². The van der Waals surface area contributed by atoms with E-state index in [1.165, 1.54) is 16.0 Å². The number of rotatable bonds is 2. The molecule has 1 N–H and O–H groups in total. The molecule has 1 fully saturated rings. The molecule has 1 heterocycles. The van der Waals surface area contributed by atoms with E-state index in [0.29, 0.717) is 0 Å². The minimum atomic E-state index is 0.931. The first-order valence-corrected chi connectivity index (χ1v) is 6.68. The highest BCUT2D eigenvalue weighted by Gasteiger charge is 2.05. The average Bonchev–Trinajstić information content (AvgIpc) is 2.72.